The maximum Gasteiger partial charge on any atom is 0.269 e. The van der Waals surface area contributed by atoms with Crippen molar-refractivity contribution in [2.45, 2.75) is 18.7 Å². The number of methoxy groups -OCH3 is 1. The highest BCUT2D eigenvalue weighted by Crippen LogP contribution is 2.29. The molecule has 0 atom stereocenters. The number of nitrogens with one attached hydrogen (secondary N) is 1. The second kappa shape index (κ2) is 10.0. The van der Waals surface area contributed by atoms with Crippen LogP contribution in [-0.2, 0) is 14.8 Å². The summed E-state index contributed by atoms with van der Waals surface area (Å²) in [5.74, 6) is 0.0156. The monoisotopic (exact) mass is 437 g/mol. The van der Waals surface area contributed by atoms with Crippen LogP contribution in [-0.4, -0.2) is 50.4 Å². The number of non-ortho nitro benzene ring substituents is 1. The number of rotatable bonds is 10. The molecule has 30 heavy (non-hydrogen) atoms. The molecule has 0 aliphatic rings. The van der Waals surface area contributed by atoms with E-state index in [-0.39, 0.29) is 34.4 Å². The molecule has 0 fully saturated rings. The topological polar surface area (TPSA) is 128 Å². The van der Waals surface area contributed by atoms with E-state index in [1.165, 1.54) is 53.9 Å². The molecule has 0 saturated carbocycles. The zero-order valence-electron chi connectivity index (χ0n) is 16.8. The first-order valence-corrected chi connectivity index (χ1v) is 10.5. The molecule has 2 aromatic carbocycles. The molecule has 0 aliphatic carbocycles. The normalized spacial score (nSPS) is 11.2. The van der Waals surface area contributed by atoms with Crippen LogP contribution >= 0.6 is 0 Å². The van der Waals surface area contributed by atoms with Gasteiger partial charge in [0.05, 0.1) is 22.6 Å². The van der Waals surface area contributed by atoms with E-state index < -0.39 is 20.9 Å². The largest absolute Gasteiger partial charge is 0.495 e. The van der Waals surface area contributed by atoms with E-state index in [2.05, 4.69) is 5.32 Å². The predicted octanol–water partition coefficient (Wildman–Crippen LogP) is 2.65. The van der Waals surface area contributed by atoms with Crippen molar-refractivity contribution in [3.8, 4) is 11.5 Å². The zero-order valence-corrected chi connectivity index (χ0v) is 17.6. The lowest BCUT2D eigenvalue weighted by Crippen LogP contribution is -2.30. The second-order valence-electron chi connectivity index (χ2n) is 6.04. The summed E-state index contributed by atoms with van der Waals surface area (Å²) in [5, 5.41) is 13.2. The first-order chi connectivity index (χ1) is 14.2. The molecule has 11 heteroatoms. The molecule has 1 N–H and O–H groups in total. The molecule has 1 amide bonds. The smallest absolute Gasteiger partial charge is 0.269 e. The van der Waals surface area contributed by atoms with Crippen molar-refractivity contribution >= 4 is 27.3 Å². The molecule has 0 heterocycles. The fourth-order valence-electron chi connectivity index (χ4n) is 2.66. The van der Waals surface area contributed by atoms with Gasteiger partial charge >= 0.3 is 0 Å². The van der Waals surface area contributed by atoms with Crippen molar-refractivity contribution in [1.29, 1.82) is 0 Å². The lowest BCUT2D eigenvalue weighted by Gasteiger charge is -2.19. The van der Waals surface area contributed by atoms with Crippen LogP contribution in [0.2, 0.25) is 0 Å². The van der Waals surface area contributed by atoms with Crippen LogP contribution in [0.5, 0.6) is 11.5 Å². The van der Waals surface area contributed by atoms with Gasteiger partial charge in [-0.05, 0) is 30.3 Å². The zero-order chi connectivity index (χ0) is 22.3. The Morgan fingerprint density at radius 1 is 1.13 bits per heavy atom. The minimum Gasteiger partial charge on any atom is -0.495 e. The molecule has 0 radical (unpaired) electrons. The number of hydrogen-bond acceptors (Lipinski definition) is 7. The van der Waals surface area contributed by atoms with Crippen molar-refractivity contribution in [2.75, 3.05) is 32.1 Å². The summed E-state index contributed by atoms with van der Waals surface area (Å²) < 4.78 is 37.3. The van der Waals surface area contributed by atoms with Crippen molar-refractivity contribution in [3.05, 3.63) is 52.6 Å². The third kappa shape index (κ3) is 5.45. The van der Waals surface area contributed by atoms with Gasteiger partial charge in [0, 0.05) is 25.2 Å². The molecule has 2 rings (SSSR count). The maximum absolute atomic E-state index is 12.7. The molecule has 0 unspecified atom stereocenters. The second-order valence-corrected chi connectivity index (χ2v) is 7.98. The van der Waals surface area contributed by atoms with Crippen LogP contribution in [0.4, 0.5) is 11.4 Å². The van der Waals surface area contributed by atoms with Gasteiger partial charge in [-0.25, -0.2) is 8.42 Å². The van der Waals surface area contributed by atoms with Gasteiger partial charge in [-0.2, -0.15) is 4.31 Å². The van der Waals surface area contributed by atoms with Gasteiger partial charge in [0.2, 0.25) is 10.0 Å². The van der Waals surface area contributed by atoms with Gasteiger partial charge in [0.15, 0.2) is 6.61 Å². The highest BCUT2D eigenvalue weighted by atomic mass is 32.2. The third-order valence-corrected chi connectivity index (χ3v) is 6.25. The molecular formula is C19H23N3O7S. The lowest BCUT2D eigenvalue weighted by atomic mass is 10.3. The number of carbonyl (C=O) groups excluding carboxylic acids is 1. The van der Waals surface area contributed by atoms with Crippen LogP contribution in [0.1, 0.15) is 13.8 Å². The maximum atomic E-state index is 12.7. The van der Waals surface area contributed by atoms with E-state index in [0.717, 1.165) is 0 Å². The molecule has 0 aliphatic heterocycles. The summed E-state index contributed by atoms with van der Waals surface area (Å²) in [4.78, 5) is 22.4. The van der Waals surface area contributed by atoms with Crippen LogP contribution in [0.15, 0.2) is 47.4 Å². The van der Waals surface area contributed by atoms with Crippen molar-refractivity contribution in [1.82, 2.24) is 4.31 Å². The Kier molecular flexibility index (Phi) is 7.72. The van der Waals surface area contributed by atoms with Crippen molar-refractivity contribution in [2.24, 2.45) is 0 Å². The van der Waals surface area contributed by atoms with E-state index in [0.29, 0.717) is 13.1 Å². The number of hydrogen-bond donors (Lipinski definition) is 1. The number of sulfonamides is 1. The highest BCUT2D eigenvalue weighted by Gasteiger charge is 2.23. The third-order valence-electron chi connectivity index (χ3n) is 4.21. The van der Waals surface area contributed by atoms with Crippen molar-refractivity contribution < 1.29 is 27.6 Å². The van der Waals surface area contributed by atoms with Gasteiger partial charge in [-0.15, -0.1) is 0 Å². The van der Waals surface area contributed by atoms with Crippen LogP contribution in [0, 0.1) is 10.1 Å². The Morgan fingerprint density at radius 2 is 1.77 bits per heavy atom. The quantitative estimate of drug-likeness (QED) is 0.447. The van der Waals surface area contributed by atoms with E-state index in [1.807, 2.05) is 0 Å². The summed E-state index contributed by atoms with van der Waals surface area (Å²) in [5.41, 5.74) is 0.0887. The Bertz CT molecular complexity index is 1000. The van der Waals surface area contributed by atoms with E-state index in [9.17, 15) is 23.3 Å². The van der Waals surface area contributed by atoms with E-state index in [4.69, 9.17) is 9.47 Å². The minimum atomic E-state index is -3.71. The Hall–Kier alpha value is -3.18. The van der Waals surface area contributed by atoms with Crippen molar-refractivity contribution in [3.63, 3.8) is 0 Å². The number of anilines is 1. The number of ether oxygens (including phenoxy) is 2. The summed E-state index contributed by atoms with van der Waals surface area (Å²) in [6.07, 6.45) is 0. The predicted molar refractivity (Wildman–Crippen MR) is 110 cm³/mol. The SMILES string of the molecule is CCN(CC)S(=O)(=O)c1ccc(OC)c(NC(=O)COc2ccc([N+](=O)[O-])cc2)c1. The summed E-state index contributed by atoms with van der Waals surface area (Å²) >= 11 is 0. The summed E-state index contributed by atoms with van der Waals surface area (Å²) in [7, 11) is -2.31. The molecular weight excluding hydrogens is 414 g/mol. The summed E-state index contributed by atoms with van der Waals surface area (Å²) in [6, 6.07) is 9.48. The lowest BCUT2D eigenvalue weighted by molar-refractivity contribution is -0.384. The number of nitro groups is 1. The minimum absolute atomic E-state index is 0.0265. The molecule has 0 bridgehead atoms. The van der Waals surface area contributed by atoms with E-state index >= 15 is 0 Å². The van der Waals surface area contributed by atoms with Gasteiger partial charge in [0.25, 0.3) is 11.6 Å². The van der Waals surface area contributed by atoms with Gasteiger partial charge in [-0.1, -0.05) is 13.8 Å². The molecule has 2 aromatic rings. The standard InChI is InChI=1S/C19H23N3O7S/c1-4-21(5-2)30(26,27)16-10-11-18(28-3)17(12-16)20-19(23)13-29-15-8-6-14(7-9-15)22(24)25/h6-12H,4-5,13H2,1-3H3,(H,20,23). The molecule has 0 saturated heterocycles. The fraction of sp³-hybridized carbons (Fsp3) is 0.316. The average Bonchev–Trinajstić information content (AvgIpc) is 2.73. The molecule has 162 valence electrons. The Labute approximate surface area is 174 Å². The van der Waals surface area contributed by atoms with Crippen LogP contribution < -0.4 is 14.8 Å². The van der Waals surface area contributed by atoms with Crippen LogP contribution in [0.25, 0.3) is 0 Å². The number of nitrogens with zero attached hydrogens (tertiary/aromatic N) is 2. The fourth-order valence-corrected chi connectivity index (χ4v) is 4.14. The number of nitro benzene ring substituents is 1. The number of amides is 1. The Balaban J connectivity index is 2.14. The molecule has 0 aromatic heterocycles. The first kappa shape index (κ1) is 23.1. The highest BCUT2D eigenvalue weighted by molar-refractivity contribution is 7.89. The average molecular weight is 437 g/mol. The van der Waals surface area contributed by atoms with Gasteiger partial charge < -0.3 is 14.8 Å². The number of benzene rings is 2. The van der Waals surface area contributed by atoms with E-state index in [1.54, 1.807) is 13.8 Å². The first-order valence-electron chi connectivity index (χ1n) is 9.08. The molecule has 10 nitrogen and oxygen atoms in total. The van der Waals surface area contributed by atoms with Crippen LogP contribution in [0.3, 0.4) is 0 Å². The summed E-state index contributed by atoms with van der Waals surface area (Å²) in [6.45, 7) is 3.73. The molecule has 0 spiro atoms. The van der Waals surface area contributed by atoms with Gasteiger partial charge in [-0.3, -0.25) is 14.9 Å². The number of carbonyl (C=O) groups is 1. The van der Waals surface area contributed by atoms with Gasteiger partial charge in [0.1, 0.15) is 11.5 Å². The Morgan fingerprint density at radius 3 is 2.30 bits per heavy atom.